The maximum absolute atomic E-state index is 12.9. The Bertz CT molecular complexity index is 867. The smallest absolute Gasteiger partial charge is 0.407 e. The summed E-state index contributed by atoms with van der Waals surface area (Å²) in [6.45, 7) is 4.64. The van der Waals surface area contributed by atoms with Crippen LogP contribution in [0.4, 0.5) is 4.79 Å². The van der Waals surface area contributed by atoms with Crippen molar-refractivity contribution in [2.75, 3.05) is 26.2 Å². The van der Waals surface area contributed by atoms with Gasteiger partial charge in [-0.3, -0.25) is 9.69 Å². The zero-order chi connectivity index (χ0) is 21.1. The predicted octanol–water partition coefficient (Wildman–Crippen LogP) is 3.28. The lowest BCUT2D eigenvalue weighted by molar-refractivity contribution is -0.163. The summed E-state index contributed by atoms with van der Waals surface area (Å²) in [5.74, 6) is 6.25. The molecule has 0 aromatic heterocycles. The van der Waals surface area contributed by atoms with Crippen LogP contribution in [0.3, 0.4) is 0 Å². The maximum Gasteiger partial charge on any atom is 0.407 e. The van der Waals surface area contributed by atoms with Crippen LogP contribution in [0.15, 0.2) is 24.3 Å². The highest BCUT2D eigenvalue weighted by Gasteiger charge is 2.53. The number of aryl methyl sites for hydroxylation is 1. The molecule has 0 bridgehead atoms. The summed E-state index contributed by atoms with van der Waals surface area (Å²) in [5.41, 5.74) is 1.09. The lowest BCUT2D eigenvalue weighted by Gasteiger charge is -2.42. The van der Waals surface area contributed by atoms with Crippen molar-refractivity contribution in [1.82, 2.24) is 9.80 Å². The summed E-state index contributed by atoms with van der Waals surface area (Å²) in [7, 11) is 0. The molecule has 6 heteroatoms. The number of fused-ring (bicyclic) bond motifs is 1. The van der Waals surface area contributed by atoms with E-state index < -0.39 is 11.7 Å². The van der Waals surface area contributed by atoms with Gasteiger partial charge in [0.15, 0.2) is 5.60 Å². The van der Waals surface area contributed by atoms with Crippen LogP contribution in [0, 0.1) is 24.7 Å². The average Bonchev–Trinajstić information content (AvgIpc) is 3.37. The molecule has 1 saturated carbocycles. The third-order valence-corrected chi connectivity index (χ3v) is 6.72. The second-order valence-electron chi connectivity index (χ2n) is 8.80. The van der Waals surface area contributed by atoms with E-state index in [0.29, 0.717) is 19.4 Å². The van der Waals surface area contributed by atoms with E-state index in [9.17, 15) is 14.7 Å². The molecule has 30 heavy (non-hydrogen) atoms. The van der Waals surface area contributed by atoms with Gasteiger partial charge in [-0.1, -0.05) is 18.1 Å². The first-order valence-electron chi connectivity index (χ1n) is 11.0. The van der Waals surface area contributed by atoms with E-state index in [0.717, 1.165) is 49.9 Å². The van der Waals surface area contributed by atoms with Gasteiger partial charge in [0.2, 0.25) is 0 Å². The second-order valence-corrected chi connectivity index (χ2v) is 8.80. The van der Waals surface area contributed by atoms with E-state index in [1.807, 2.05) is 31.2 Å². The van der Waals surface area contributed by atoms with Crippen molar-refractivity contribution < 1.29 is 19.4 Å². The Morgan fingerprint density at radius 1 is 1.20 bits per heavy atom. The number of nitrogens with zero attached hydrogens (tertiary/aromatic N) is 2. The summed E-state index contributed by atoms with van der Waals surface area (Å²) in [6.07, 6.45) is 4.27. The Morgan fingerprint density at radius 2 is 2.00 bits per heavy atom. The fraction of sp³-hybridized carbons (Fsp3) is 0.583. The van der Waals surface area contributed by atoms with E-state index in [-0.39, 0.29) is 24.5 Å². The number of likely N-dealkylation sites (tertiary alicyclic amines) is 2. The molecule has 1 aliphatic carbocycles. The molecule has 2 saturated heterocycles. The zero-order valence-electron chi connectivity index (χ0n) is 17.6. The monoisotopic (exact) mass is 410 g/mol. The lowest BCUT2D eigenvalue weighted by Crippen LogP contribution is -2.52. The lowest BCUT2D eigenvalue weighted by atomic mass is 9.72. The van der Waals surface area contributed by atoms with Crippen LogP contribution in [-0.4, -0.2) is 64.8 Å². The van der Waals surface area contributed by atoms with Crippen LogP contribution in [0.5, 0.6) is 0 Å². The van der Waals surface area contributed by atoms with Gasteiger partial charge in [0.25, 0.3) is 0 Å². The fourth-order valence-corrected chi connectivity index (χ4v) is 5.32. The van der Waals surface area contributed by atoms with Gasteiger partial charge in [-0.05, 0) is 82.2 Å². The number of esters is 1. The molecule has 2 aliphatic heterocycles. The van der Waals surface area contributed by atoms with Gasteiger partial charge in [0, 0.05) is 24.1 Å². The Hall–Kier alpha value is -2.52. The molecule has 1 aromatic rings. The number of ether oxygens (including phenoxy) is 1. The topological polar surface area (TPSA) is 70.1 Å². The van der Waals surface area contributed by atoms with Crippen LogP contribution in [0.1, 0.15) is 49.7 Å². The van der Waals surface area contributed by atoms with Gasteiger partial charge in [-0.15, -0.1) is 0 Å². The van der Waals surface area contributed by atoms with Crippen LogP contribution in [0.25, 0.3) is 0 Å². The number of carbonyl (C=O) groups is 2. The molecular formula is C24H30N2O4. The minimum atomic E-state index is -0.923. The highest BCUT2D eigenvalue weighted by molar-refractivity contribution is 5.73. The number of carboxylic acid groups (broad SMARTS) is 1. The van der Waals surface area contributed by atoms with Gasteiger partial charge in [-0.2, -0.15) is 0 Å². The molecule has 1 aromatic carbocycles. The molecule has 3 atom stereocenters. The molecule has 3 fully saturated rings. The highest BCUT2D eigenvalue weighted by Crippen LogP contribution is 2.45. The molecule has 160 valence electrons. The molecule has 1 amide bonds. The summed E-state index contributed by atoms with van der Waals surface area (Å²) < 4.78 is 6.16. The average molecular weight is 411 g/mol. The molecule has 1 N–H and O–H groups in total. The predicted molar refractivity (Wildman–Crippen MR) is 113 cm³/mol. The van der Waals surface area contributed by atoms with Crippen molar-refractivity contribution in [3.8, 4) is 11.8 Å². The highest BCUT2D eigenvalue weighted by atomic mass is 16.6. The number of benzene rings is 1. The quantitative estimate of drug-likeness (QED) is 0.612. The Labute approximate surface area is 178 Å². The SMILES string of the molecule is Cc1cccc(C#CC2(OC(=O)CN3CCCC3)CCCC3C2CCN3C(=O)O)c1. The van der Waals surface area contributed by atoms with Gasteiger partial charge >= 0.3 is 12.1 Å². The number of rotatable bonds is 3. The molecular weight excluding hydrogens is 380 g/mol. The Kier molecular flexibility index (Phi) is 6.01. The molecule has 6 nitrogen and oxygen atoms in total. The maximum atomic E-state index is 12.9. The minimum Gasteiger partial charge on any atom is -0.465 e. The van der Waals surface area contributed by atoms with Gasteiger partial charge < -0.3 is 14.7 Å². The fourth-order valence-electron chi connectivity index (χ4n) is 5.32. The van der Waals surface area contributed by atoms with E-state index in [1.165, 1.54) is 4.90 Å². The van der Waals surface area contributed by atoms with Crippen LogP contribution < -0.4 is 0 Å². The molecule has 3 aliphatic rings. The largest absolute Gasteiger partial charge is 0.465 e. The van der Waals surface area contributed by atoms with E-state index in [1.54, 1.807) is 0 Å². The van der Waals surface area contributed by atoms with Crippen molar-refractivity contribution in [1.29, 1.82) is 0 Å². The van der Waals surface area contributed by atoms with Gasteiger partial charge in [-0.25, -0.2) is 4.79 Å². The third-order valence-electron chi connectivity index (χ3n) is 6.72. The van der Waals surface area contributed by atoms with Crippen LogP contribution >= 0.6 is 0 Å². The minimum absolute atomic E-state index is 0.0813. The summed E-state index contributed by atoms with van der Waals surface area (Å²) >= 11 is 0. The van der Waals surface area contributed by atoms with Crippen molar-refractivity contribution in [2.45, 2.75) is 57.1 Å². The standard InChI is InChI=1S/C24H30N2O4/c1-18-6-4-7-19(16-18)9-12-24(30-22(27)17-25-13-2-3-14-25)11-5-8-21-20(24)10-15-26(21)23(28)29/h4,6-7,16,20-21H,2-3,5,8,10-11,13-15,17H2,1H3,(H,28,29). The van der Waals surface area contributed by atoms with Gasteiger partial charge in [0.05, 0.1) is 6.54 Å². The second kappa shape index (κ2) is 8.69. The van der Waals surface area contributed by atoms with E-state index in [2.05, 4.69) is 16.7 Å². The van der Waals surface area contributed by atoms with Crippen LogP contribution in [0.2, 0.25) is 0 Å². The molecule has 0 spiro atoms. The normalized spacial score (nSPS) is 28.5. The molecule has 4 rings (SSSR count). The van der Waals surface area contributed by atoms with Crippen molar-refractivity contribution >= 4 is 12.1 Å². The summed E-state index contributed by atoms with van der Waals surface area (Å²) in [6, 6.07) is 7.83. The van der Waals surface area contributed by atoms with E-state index >= 15 is 0 Å². The Balaban J connectivity index is 1.62. The Morgan fingerprint density at radius 3 is 2.73 bits per heavy atom. The first kappa shape index (κ1) is 20.7. The van der Waals surface area contributed by atoms with Crippen molar-refractivity contribution in [3.63, 3.8) is 0 Å². The van der Waals surface area contributed by atoms with Crippen LogP contribution in [-0.2, 0) is 9.53 Å². The van der Waals surface area contributed by atoms with E-state index in [4.69, 9.17) is 4.74 Å². The number of amides is 1. The third kappa shape index (κ3) is 4.32. The molecule has 3 unspecified atom stereocenters. The summed E-state index contributed by atoms with van der Waals surface area (Å²) in [5, 5.41) is 9.61. The first-order chi connectivity index (χ1) is 14.5. The first-order valence-corrected chi connectivity index (χ1v) is 11.0. The van der Waals surface area contributed by atoms with Crippen molar-refractivity contribution in [2.24, 2.45) is 5.92 Å². The number of hydrogen-bond acceptors (Lipinski definition) is 4. The van der Waals surface area contributed by atoms with Gasteiger partial charge in [0.1, 0.15) is 0 Å². The molecule has 2 heterocycles. The summed E-state index contributed by atoms with van der Waals surface area (Å²) in [4.78, 5) is 28.2. The number of hydrogen-bond donors (Lipinski definition) is 1. The molecule has 0 radical (unpaired) electrons. The van der Waals surface area contributed by atoms with Crippen molar-refractivity contribution in [3.05, 3.63) is 35.4 Å². The zero-order valence-corrected chi connectivity index (χ0v) is 17.6. The number of carbonyl (C=O) groups excluding carboxylic acids is 1.